The largest absolute Gasteiger partial charge is 0.353 e. The van der Waals surface area contributed by atoms with Gasteiger partial charge >= 0.3 is 0 Å². The standard InChI is InChI=1S/C13H18ClNOS/c1-3-10(2)15-13(16)9-17-8-11-6-4-5-7-12(11)14/h4-7,10H,3,8-9H2,1-2H3,(H,15,16)/t10-/m0/s1. The Hall–Kier alpha value is -0.670. The number of hydrogen-bond donors (Lipinski definition) is 1. The molecule has 0 spiro atoms. The van der Waals surface area contributed by atoms with Gasteiger partial charge in [-0.25, -0.2) is 0 Å². The monoisotopic (exact) mass is 271 g/mol. The molecule has 1 amide bonds. The second-order valence-electron chi connectivity index (χ2n) is 3.96. The van der Waals surface area contributed by atoms with E-state index in [0.717, 1.165) is 22.8 Å². The zero-order valence-corrected chi connectivity index (χ0v) is 11.8. The van der Waals surface area contributed by atoms with Gasteiger partial charge in [-0.1, -0.05) is 36.7 Å². The third kappa shape index (κ3) is 5.46. The molecule has 4 heteroatoms. The van der Waals surface area contributed by atoms with E-state index in [1.165, 1.54) is 0 Å². The van der Waals surface area contributed by atoms with Crippen molar-refractivity contribution in [3.05, 3.63) is 34.9 Å². The van der Waals surface area contributed by atoms with Crippen LogP contribution in [0, 0.1) is 0 Å². The molecule has 0 aliphatic carbocycles. The van der Waals surface area contributed by atoms with Crippen LogP contribution in [0.15, 0.2) is 24.3 Å². The van der Waals surface area contributed by atoms with Crippen molar-refractivity contribution in [1.29, 1.82) is 0 Å². The van der Waals surface area contributed by atoms with Crippen LogP contribution >= 0.6 is 23.4 Å². The van der Waals surface area contributed by atoms with E-state index in [2.05, 4.69) is 12.2 Å². The molecule has 0 aromatic heterocycles. The van der Waals surface area contributed by atoms with Crippen LogP contribution in [-0.2, 0) is 10.5 Å². The number of halogens is 1. The first-order valence-corrected chi connectivity index (χ1v) is 7.27. The summed E-state index contributed by atoms with van der Waals surface area (Å²) in [5.41, 5.74) is 1.08. The first-order chi connectivity index (χ1) is 8.13. The Kier molecular flexibility index (Phi) is 6.45. The first kappa shape index (κ1) is 14.4. The second kappa shape index (κ2) is 7.62. The summed E-state index contributed by atoms with van der Waals surface area (Å²) < 4.78 is 0. The molecule has 0 unspecified atom stereocenters. The number of carbonyl (C=O) groups is 1. The molecule has 0 saturated heterocycles. The van der Waals surface area contributed by atoms with Crippen LogP contribution in [-0.4, -0.2) is 17.7 Å². The number of rotatable bonds is 6. The number of hydrogen-bond acceptors (Lipinski definition) is 2. The number of benzene rings is 1. The molecule has 0 fully saturated rings. The molecule has 2 nitrogen and oxygen atoms in total. The minimum atomic E-state index is 0.0939. The van der Waals surface area contributed by atoms with E-state index in [1.54, 1.807) is 11.8 Å². The molecule has 0 aliphatic heterocycles. The van der Waals surface area contributed by atoms with Gasteiger partial charge in [-0.3, -0.25) is 4.79 Å². The third-order valence-corrected chi connectivity index (χ3v) is 3.82. The molecule has 1 aromatic carbocycles. The summed E-state index contributed by atoms with van der Waals surface area (Å²) in [7, 11) is 0. The number of amides is 1. The van der Waals surface area contributed by atoms with Crippen molar-refractivity contribution in [3.8, 4) is 0 Å². The maximum Gasteiger partial charge on any atom is 0.230 e. The topological polar surface area (TPSA) is 29.1 Å². The van der Waals surface area contributed by atoms with Crippen molar-refractivity contribution in [2.75, 3.05) is 5.75 Å². The van der Waals surface area contributed by atoms with Crippen LogP contribution in [0.1, 0.15) is 25.8 Å². The SMILES string of the molecule is CC[C@H](C)NC(=O)CSCc1ccccc1Cl. The first-order valence-electron chi connectivity index (χ1n) is 5.74. The van der Waals surface area contributed by atoms with E-state index >= 15 is 0 Å². The molecule has 1 atom stereocenters. The average Bonchev–Trinajstić information content (AvgIpc) is 2.31. The molecule has 17 heavy (non-hydrogen) atoms. The van der Waals surface area contributed by atoms with Crippen molar-refractivity contribution < 1.29 is 4.79 Å². The lowest BCUT2D eigenvalue weighted by molar-refractivity contribution is -0.119. The van der Waals surface area contributed by atoms with Crippen LogP contribution in [0.2, 0.25) is 5.02 Å². The van der Waals surface area contributed by atoms with Crippen LogP contribution < -0.4 is 5.32 Å². The highest BCUT2D eigenvalue weighted by Crippen LogP contribution is 2.20. The van der Waals surface area contributed by atoms with Gasteiger partial charge in [0.05, 0.1) is 5.75 Å². The summed E-state index contributed by atoms with van der Waals surface area (Å²) in [6.07, 6.45) is 0.959. The van der Waals surface area contributed by atoms with Gasteiger partial charge in [-0.2, -0.15) is 0 Å². The maximum atomic E-state index is 11.5. The quantitative estimate of drug-likeness (QED) is 0.858. The molecule has 1 rings (SSSR count). The van der Waals surface area contributed by atoms with E-state index in [1.807, 2.05) is 31.2 Å². The second-order valence-corrected chi connectivity index (χ2v) is 5.35. The zero-order valence-electron chi connectivity index (χ0n) is 10.2. The van der Waals surface area contributed by atoms with E-state index < -0.39 is 0 Å². The van der Waals surface area contributed by atoms with Crippen molar-refractivity contribution in [3.63, 3.8) is 0 Å². The van der Waals surface area contributed by atoms with Crippen molar-refractivity contribution in [2.45, 2.75) is 32.1 Å². The van der Waals surface area contributed by atoms with E-state index in [9.17, 15) is 4.79 Å². The Morgan fingerprint density at radius 1 is 1.47 bits per heavy atom. The molecule has 94 valence electrons. The predicted molar refractivity (Wildman–Crippen MR) is 75.5 cm³/mol. The fourth-order valence-corrected chi connectivity index (χ4v) is 2.41. The summed E-state index contributed by atoms with van der Waals surface area (Å²) in [5.74, 6) is 1.35. The highest BCUT2D eigenvalue weighted by molar-refractivity contribution is 7.99. The van der Waals surface area contributed by atoms with Crippen molar-refractivity contribution in [1.82, 2.24) is 5.32 Å². The lowest BCUT2D eigenvalue weighted by Gasteiger charge is -2.11. The van der Waals surface area contributed by atoms with Crippen LogP contribution in [0.25, 0.3) is 0 Å². The predicted octanol–water partition coefficient (Wildman–Crippen LogP) is 3.49. The molecule has 0 saturated carbocycles. The average molecular weight is 272 g/mol. The van der Waals surface area contributed by atoms with Gasteiger partial charge in [-0.15, -0.1) is 11.8 Å². The fraction of sp³-hybridized carbons (Fsp3) is 0.462. The molecule has 0 bridgehead atoms. The summed E-state index contributed by atoms with van der Waals surface area (Å²) in [4.78, 5) is 11.5. The van der Waals surface area contributed by atoms with Gasteiger partial charge in [-0.05, 0) is 25.0 Å². The molecule has 1 aromatic rings. The van der Waals surface area contributed by atoms with Gasteiger partial charge in [0.1, 0.15) is 0 Å². The van der Waals surface area contributed by atoms with Crippen LogP contribution in [0.5, 0.6) is 0 Å². The van der Waals surface area contributed by atoms with Crippen LogP contribution in [0.3, 0.4) is 0 Å². The van der Waals surface area contributed by atoms with E-state index in [-0.39, 0.29) is 11.9 Å². The number of carbonyl (C=O) groups excluding carboxylic acids is 1. The zero-order chi connectivity index (χ0) is 12.7. The summed E-state index contributed by atoms with van der Waals surface area (Å²) in [6.45, 7) is 4.07. The maximum absolute atomic E-state index is 11.5. The van der Waals surface area contributed by atoms with E-state index in [4.69, 9.17) is 11.6 Å². The van der Waals surface area contributed by atoms with Crippen molar-refractivity contribution >= 4 is 29.3 Å². The Labute approximate surface area is 112 Å². The Morgan fingerprint density at radius 2 is 2.18 bits per heavy atom. The minimum absolute atomic E-state index is 0.0939. The molecule has 0 aliphatic rings. The van der Waals surface area contributed by atoms with Gasteiger partial charge in [0, 0.05) is 16.8 Å². The highest BCUT2D eigenvalue weighted by atomic mass is 35.5. The molecule has 0 heterocycles. The smallest absolute Gasteiger partial charge is 0.230 e. The summed E-state index contributed by atoms with van der Waals surface area (Å²) >= 11 is 7.62. The Balaban J connectivity index is 2.29. The van der Waals surface area contributed by atoms with Crippen LogP contribution in [0.4, 0.5) is 0 Å². The van der Waals surface area contributed by atoms with Gasteiger partial charge in [0.15, 0.2) is 0 Å². The summed E-state index contributed by atoms with van der Waals surface area (Å²) in [6, 6.07) is 7.98. The van der Waals surface area contributed by atoms with Crippen molar-refractivity contribution in [2.24, 2.45) is 0 Å². The lowest BCUT2D eigenvalue weighted by atomic mass is 10.2. The summed E-state index contributed by atoms with van der Waals surface area (Å²) in [5, 5.41) is 3.70. The number of nitrogens with one attached hydrogen (secondary N) is 1. The molecular weight excluding hydrogens is 254 g/mol. The number of thioether (sulfide) groups is 1. The normalized spacial score (nSPS) is 12.2. The fourth-order valence-electron chi connectivity index (χ4n) is 1.29. The van der Waals surface area contributed by atoms with Gasteiger partial charge < -0.3 is 5.32 Å². The Bertz CT molecular complexity index is 370. The Morgan fingerprint density at radius 3 is 2.82 bits per heavy atom. The molecule has 0 radical (unpaired) electrons. The molecule has 1 N–H and O–H groups in total. The molecular formula is C13H18ClNOS. The third-order valence-electron chi connectivity index (χ3n) is 2.47. The highest BCUT2D eigenvalue weighted by Gasteiger charge is 2.06. The van der Waals surface area contributed by atoms with Gasteiger partial charge in [0.25, 0.3) is 0 Å². The lowest BCUT2D eigenvalue weighted by Crippen LogP contribution is -2.33. The van der Waals surface area contributed by atoms with Gasteiger partial charge in [0.2, 0.25) is 5.91 Å². The minimum Gasteiger partial charge on any atom is -0.353 e. The van der Waals surface area contributed by atoms with E-state index in [0.29, 0.717) is 5.75 Å².